The molecule has 2 aromatic carbocycles. The molecule has 1 N–H and O–H groups in total. The first-order valence-corrected chi connectivity index (χ1v) is 9.64. The van der Waals surface area contributed by atoms with Crippen molar-refractivity contribution >= 4 is 33.2 Å². The Labute approximate surface area is 155 Å². The van der Waals surface area contributed by atoms with E-state index in [1.54, 1.807) is 0 Å². The quantitative estimate of drug-likeness (QED) is 0.859. The number of rotatable bonds is 4. The number of sulfonamides is 1. The number of halogens is 2. The third kappa shape index (κ3) is 4.04. The fraction of sp³-hybridized carbons (Fsp3) is 0.235. The van der Waals surface area contributed by atoms with E-state index in [-0.39, 0.29) is 21.2 Å². The molecule has 9 heteroatoms. The van der Waals surface area contributed by atoms with Crippen LogP contribution in [0.15, 0.2) is 47.4 Å². The van der Waals surface area contributed by atoms with Crippen LogP contribution in [0.5, 0.6) is 0 Å². The predicted molar refractivity (Wildman–Crippen MR) is 95.4 cm³/mol. The predicted octanol–water partition coefficient (Wildman–Crippen LogP) is 2.75. The highest BCUT2D eigenvalue weighted by atomic mass is 35.5. The Hall–Kier alpha value is -2.00. The Kier molecular flexibility index (Phi) is 5.57. The SMILES string of the molecule is O=C(Nc1ccc(F)cc1Cl)c1ccc(S(=O)(=O)N2CCOCC2)cc1. The largest absolute Gasteiger partial charge is 0.379 e. The molecule has 0 spiro atoms. The molecular formula is C17H16ClFN2O4S. The normalized spacial score (nSPS) is 15.6. The molecule has 2 aromatic rings. The zero-order chi connectivity index (χ0) is 18.7. The van der Waals surface area contributed by atoms with Gasteiger partial charge in [-0.1, -0.05) is 11.6 Å². The van der Waals surface area contributed by atoms with E-state index in [0.29, 0.717) is 26.3 Å². The van der Waals surface area contributed by atoms with Crippen molar-refractivity contribution in [3.63, 3.8) is 0 Å². The van der Waals surface area contributed by atoms with Crippen LogP contribution in [0, 0.1) is 5.82 Å². The minimum absolute atomic E-state index is 0.0739. The molecule has 6 nitrogen and oxygen atoms in total. The van der Waals surface area contributed by atoms with Gasteiger partial charge >= 0.3 is 0 Å². The molecule has 1 fully saturated rings. The number of hydrogen-bond acceptors (Lipinski definition) is 4. The minimum Gasteiger partial charge on any atom is -0.379 e. The second-order valence-electron chi connectivity index (χ2n) is 5.62. The molecule has 26 heavy (non-hydrogen) atoms. The lowest BCUT2D eigenvalue weighted by Crippen LogP contribution is -2.40. The van der Waals surface area contributed by atoms with Crippen molar-refractivity contribution in [1.29, 1.82) is 0 Å². The molecular weight excluding hydrogens is 383 g/mol. The molecule has 0 radical (unpaired) electrons. The molecule has 3 rings (SSSR count). The Balaban J connectivity index is 1.75. The van der Waals surface area contributed by atoms with E-state index in [4.69, 9.17) is 16.3 Å². The van der Waals surface area contributed by atoms with Crippen LogP contribution in [0.1, 0.15) is 10.4 Å². The molecule has 0 saturated carbocycles. The fourth-order valence-electron chi connectivity index (χ4n) is 2.50. The maximum Gasteiger partial charge on any atom is 0.255 e. The van der Waals surface area contributed by atoms with Crippen molar-refractivity contribution in [2.75, 3.05) is 31.6 Å². The summed E-state index contributed by atoms with van der Waals surface area (Å²) in [7, 11) is -3.62. The summed E-state index contributed by atoms with van der Waals surface area (Å²) in [6, 6.07) is 9.22. The summed E-state index contributed by atoms with van der Waals surface area (Å²) in [5.74, 6) is -0.987. The van der Waals surface area contributed by atoms with Crippen LogP contribution in [-0.2, 0) is 14.8 Å². The first-order chi connectivity index (χ1) is 12.4. The van der Waals surface area contributed by atoms with Gasteiger partial charge in [-0.15, -0.1) is 0 Å². The van der Waals surface area contributed by atoms with E-state index in [9.17, 15) is 17.6 Å². The minimum atomic E-state index is -3.62. The van der Waals surface area contributed by atoms with E-state index in [2.05, 4.69) is 5.32 Å². The van der Waals surface area contributed by atoms with Crippen molar-refractivity contribution in [2.45, 2.75) is 4.90 Å². The Morgan fingerprint density at radius 1 is 1.12 bits per heavy atom. The third-order valence-electron chi connectivity index (χ3n) is 3.90. The number of ether oxygens (including phenoxy) is 1. The molecule has 1 aliphatic rings. The van der Waals surface area contributed by atoms with Gasteiger partial charge in [0.15, 0.2) is 0 Å². The van der Waals surface area contributed by atoms with Gasteiger partial charge in [-0.3, -0.25) is 4.79 Å². The summed E-state index contributed by atoms with van der Waals surface area (Å²) < 4.78 is 44.7. The smallest absolute Gasteiger partial charge is 0.255 e. The highest BCUT2D eigenvalue weighted by Crippen LogP contribution is 2.23. The number of hydrogen-bond donors (Lipinski definition) is 1. The Morgan fingerprint density at radius 3 is 2.38 bits per heavy atom. The number of nitrogens with zero attached hydrogens (tertiary/aromatic N) is 1. The lowest BCUT2D eigenvalue weighted by atomic mass is 10.2. The highest BCUT2D eigenvalue weighted by Gasteiger charge is 2.26. The molecule has 0 atom stereocenters. The standard InChI is InChI=1S/C17H16ClFN2O4S/c18-15-11-13(19)3-6-16(15)20-17(22)12-1-4-14(5-2-12)26(23,24)21-7-9-25-10-8-21/h1-6,11H,7-10H2,(H,20,22). The topological polar surface area (TPSA) is 75.7 Å². The van der Waals surface area contributed by atoms with Crippen LogP contribution in [0.3, 0.4) is 0 Å². The van der Waals surface area contributed by atoms with Crippen LogP contribution in [0.4, 0.5) is 10.1 Å². The average molecular weight is 399 g/mol. The third-order valence-corrected chi connectivity index (χ3v) is 6.13. The molecule has 138 valence electrons. The lowest BCUT2D eigenvalue weighted by Gasteiger charge is -2.26. The van der Waals surface area contributed by atoms with Crippen molar-refractivity contribution in [3.05, 3.63) is 58.9 Å². The summed E-state index contributed by atoms with van der Waals surface area (Å²) in [5.41, 5.74) is 0.523. The number of benzene rings is 2. The first kappa shape index (κ1) is 18.8. The molecule has 0 aromatic heterocycles. The molecule has 0 bridgehead atoms. The highest BCUT2D eigenvalue weighted by molar-refractivity contribution is 7.89. The zero-order valence-electron chi connectivity index (χ0n) is 13.6. The molecule has 1 heterocycles. The van der Waals surface area contributed by atoms with Crippen LogP contribution < -0.4 is 5.32 Å². The van der Waals surface area contributed by atoms with Gasteiger partial charge < -0.3 is 10.1 Å². The van der Waals surface area contributed by atoms with E-state index in [1.165, 1.54) is 40.7 Å². The maximum atomic E-state index is 13.1. The van der Waals surface area contributed by atoms with Crippen LogP contribution in [-0.4, -0.2) is 44.9 Å². The summed E-state index contributed by atoms with van der Waals surface area (Å²) in [6.07, 6.45) is 0. The van der Waals surface area contributed by atoms with Crippen molar-refractivity contribution in [1.82, 2.24) is 4.31 Å². The first-order valence-electron chi connectivity index (χ1n) is 7.82. The number of morpholine rings is 1. The molecule has 1 aliphatic heterocycles. The van der Waals surface area contributed by atoms with Gasteiger partial charge in [-0.05, 0) is 42.5 Å². The van der Waals surface area contributed by atoms with E-state index in [0.717, 1.165) is 6.07 Å². The molecule has 1 saturated heterocycles. The van der Waals surface area contributed by atoms with E-state index >= 15 is 0 Å². The second kappa shape index (κ2) is 7.71. The Bertz CT molecular complexity index is 913. The number of carbonyl (C=O) groups is 1. The Morgan fingerprint density at radius 2 is 1.77 bits per heavy atom. The van der Waals surface area contributed by atoms with Gasteiger partial charge in [0, 0.05) is 18.7 Å². The number of anilines is 1. The van der Waals surface area contributed by atoms with E-state index in [1.807, 2.05) is 0 Å². The fourth-order valence-corrected chi connectivity index (χ4v) is 4.12. The summed E-state index contributed by atoms with van der Waals surface area (Å²) >= 11 is 5.88. The van der Waals surface area contributed by atoms with Gasteiger partial charge in [0.1, 0.15) is 5.82 Å². The van der Waals surface area contributed by atoms with Gasteiger partial charge in [0.05, 0.1) is 28.8 Å². The van der Waals surface area contributed by atoms with Gasteiger partial charge in [0.25, 0.3) is 5.91 Å². The van der Waals surface area contributed by atoms with Crippen molar-refractivity contribution in [3.8, 4) is 0 Å². The summed E-state index contributed by atoms with van der Waals surface area (Å²) in [5, 5.41) is 2.64. The van der Waals surface area contributed by atoms with E-state index < -0.39 is 21.7 Å². The molecule has 0 aliphatic carbocycles. The molecule has 0 unspecified atom stereocenters. The average Bonchev–Trinajstić information content (AvgIpc) is 2.65. The maximum absolute atomic E-state index is 13.1. The number of nitrogens with one attached hydrogen (secondary N) is 1. The van der Waals surface area contributed by atoms with Crippen LogP contribution in [0.25, 0.3) is 0 Å². The monoisotopic (exact) mass is 398 g/mol. The van der Waals surface area contributed by atoms with Gasteiger partial charge in [-0.25, -0.2) is 12.8 Å². The number of amides is 1. The number of carbonyl (C=O) groups excluding carboxylic acids is 1. The zero-order valence-corrected chi connectivity index (χ0v) is 15.2. The van der Waals surface area contributed by atoms with Crippen LogP contribution >= 0.6 is 11.6 Å². The van der Waals surface area contributed by atoms with Crippen molar-refractivity contribution in [2.24, 2.45) is 0 Å². The van der Waals surface area contributed by atoms with Gasteiger partial charge in [-0.2, -0.15) is 4.31 Å². The molecule has 1 amide bonds. The van der Waals surface area contributed by atoms with Crippen LogP contribution in [0.2, 0.25) is 5.02 Å². The van der Waals surface area contributed by atoms with Crippen molar-refractivity contribution < 1.29 is 22.3 Å². The van der Waals surface area contributed by atoms with Gasteiger partial charge in [0.2, 0.25) is 10.0 Å². The summed E-state index contributed by atoms with van der Waals surface area (Å²) in [4.78, 5) is 12.4. The lowest BCUT2D eigenvalue weighted by molar-refractivity contribution is 0.0730. The second-order valence-corrected chi connectivity index (χ2v) is 7.96. The summed E-state index contributed by atoms with van der Waals surface area (Å²) in [6.45, 7) is 1.32.